The summed E-state index contributed by atoms with van der Waals surface area (Å²) in [5.41, 5.74) is 0.771. The van der Waals surface area contributed by atoms with Crippen molar-refractivity contribution in [1.29, 1.82) is 0 Å². The van der Waals surface area contributed by atoms with Gasteiger partial charge in [0.25, 0.3) is 0 Å². The highest BCUT2D eigenvalue weighted by Crippen LogP contribution is 2.31. The van der Waals surface area contributed by atoms with Crippen LogP contribution >= 0.6 is 0 Å². The third kappa shape index (κ3) is 4.31. The van der Waals surface area contributed by atoms with Gasteiger partial charge in [0.1, 0.15) is 11.6 Å². The normalized spacial score (nSPS) is 20.3. The maximum Gasteiger partial charge on any atom is 0.317 e. The van der Waals surface area contributed by atoms with Crippen molar-refractivity contribution in [3.05, 3.63) is 53.9 Å². The lowest BCUT2D eigenvalue weighted by Gasteiger charge is -2.33. The zero-order valence-corrected chi connectivity index (χ0v) is 15.6. The predicted molar refractivity (Wildman–Crippen MR) is 102 cm³/mol. The van der Waals surface area contributed by atoms with Crippen LogP contribution in [0, 0.1) is 11.7 Å². The fourth-order valence-electron chi connectivity index (χ4n) is 4.10. The minimum absolute atomic E-state index is 0.0824. The smallest absolute Gasteiger partial charge is 0.317 e. The van der Waals surface area contributed by atoms with Gasteiger partial charge in [0, 0.05) is 44.5 Å². The number of nitrogens with one attached hydrogen (secondary N) is 1. The number of likely N-dealkylation sites (tertiary alicyclic amines) is 1. The summed E-state index contributed by atoms with van der Waals surface area (Å²) in [6, 6.07) is 6.26. The number of aromatic nitrogens is 2. The number of halogens is 1. The standard InChI is InChI=1S/C21H27FN4O/c22-19-8-2-6-17(12-19)13-24-21(27)26-10-3-7-18(15-26)20-23-9-11-25(20)14-16-4-1-5-16/h2,6,8-9,11-12,16,18H,1,3-5,7,10,13-15H2,(H,24,27). The highest BCUT2D eigenvalue weighted by molar-refractivity contribution is 5.74. The molecule has 27 heavy (non-hydrogen) atoms. The number of hydrogen-bond acceptors (Lipinski definition) is 2. The van der Waals surface area contributed by atoms with Gasteiger partial charge in [-0.15, -0.1) is 0 Å². The van der Waals surface area contributed by atoms with Gasteiger partial charge in [-0.05, 0) is 49.3 Å². The number of benzene rings is 1. The van der Waals surface area contributed by atoms with Crippen LogP contribution in [0.25, 0.3) is 0 Å². The Balaban J connectivity index is 1.35. The fraction of sp³-hybridized carbons (Fsp3) is 0.524. The Morgan fingerprint density at radius 1 is 1.26 bits per heavy atom. The average Bonchev–Trinajstić information content (AvgIpc) is 3.11. The second-order valence-electron chi connectivity index (χ2n) is 7.81. The first-order valence-electron chi connectivity index (χ1n) is 9.97. The minimum atomic E-state index is -0.280. The first-order valence-corrected chi connectivity index (χ1v) is 9.97. The van der Waals surface area contributed by atoms with Crippen LogP contribution in [0.15, 0.2) is 36.7 Å². The Morgan fingerprint density at radius 3 is 2.93 bits per heavy atom. The molecule has 1 N–H and O–H groups in total. The Morgan fingerprint density at radius 2 is 2.15 bits per heavy atom. The molecular weight excluding hydrogens is 343 g/mol. The Labute approximate surface area is 159 Å². The van der Waals surface area contributed by atoms with Crippen molar-refractivity contribution in [2.75, 3.05) is 13.1 Å². The third-order valence-corrected chi connectivity index (χ3v) is 5.83. The van der Waals surface area contributed by atoms with E-state index in [0.29, 0.717) is 13.1 Å². The van der Waals surface area contributed by atoms with Crippen LogP contribution in [0.5, 0.6) is 0 Å². The van der Waals surface area contributed by atoms with Gasteiger partial charge in [-0.1, -0.05) is 18.6 Å². The summed E-state index contributed by atoms with van der Waals surface area (Å²) < 4.78 is 15.6. The lowest BCUT2D eigenvalue weighted by Crippen LogP contribution is -2.45. The van der Waals surface area contributed by atoms with Gasteiger partial charge < -0.3 is 14.8 Å². The molecule has 2 amide bonds. The van der Waals surface area contributed by atoms with Crippen LogP contribution in [0.4, 0.5) is 9.18 Å². The number of urea groups is 1. The molecule has 1 saturated heterocycles. The molecule has 6 heteroatoms. The molecule has 2 aromatic rings. The van der Waals surface area contributed by atoms with Gasteiger partial charge in [0.05, 0.1) is 0 Å². The topological polar surface area (TPSA) is 50.2 Å². The lowest BCUT2D eigenvalue weighted by atomic mass is 9.85. The summed E-state index contributed by atoms with van der Waals surface area (Å²) in [6.07, 6.45) is 9.99. The molecule has 144 valence electrons. The zero-order valence-electron chi connectivity index (χ0n) is 15.6. The van der Waals surface area contributed by atoms with Crippen LogP contribution in [-0.2, 0) is 13.1 Å². The van der Waals surface area contributed by atoms with Gasteiger partial charge in [0.2, 0.25) is 0 Å². The van der Waals surface area contributed by atoms with E-state index in [9.17, 15) is 9.18 Å². The molecule has 2 aliphatic rings. The molecule has 1 aliphatic heterocycles. The molecule has 5 nitrogen and oxygen atoms in total. The largest absolute Gasteiger partial charge is 0.334 e. The van der Waals surface area contributed by atoms with Crippen molar-refractivity contribution >= 4 is 6.03 Å². The average molecular weight is 370 g/mol. The zero-order chi connectivity index (χ0) is 18.6. The van der Waals surface area contributed by atoms with Gasteiger partial charge in [-0.25, -0.2) is 14.2 Å². The van der Waals surface area contributed by atoms with E-state index in [0.717, 1.165) is 43.2 Å². The van der Waals surface area contributed by atoms with Crippen molar-refractivity contribution in [2.24, 2.45) is 5.92 Å². The second-order valence-corrected chi connectivity index (χ2v) is 7.81. The summed E-state index contributed by atoms with van der Waals surface area (Å²) in [4.78, 5) is 19.1. The van der Waals surface area contributed by atoms with Crippen LogP contribution in [0.3, 0.4) is 0 Å². The molecule has 1 unspecified atom stereocenters. The van der Waals surface area contributed by atoms with Crippen molar-refractivity contribution in [2.45, 2.75) is 51.1 Å². The maximum atomic E-state index is 13.3. The maximum absolute atomic E-state index is 13.3. The van der Waals surface area contributed by atoms with Crippen LogP contribution < -0.4 is 5.32 Å². The van der Waals surface area contributed by atoms with E-state index in [1.165, 1.54) is 31.4 Å². The van der Waals surface area contributed by atoms with Crippen molar-refractivity contribution in [1.82, 2.24) is 19.8 Å². The van der Waals surface area contributed by atoms with Gasteiger partial charge in [0.15, 0.2) is 0 Å². The monoisotopic (exact) mass is 370 g/mol. The van der Waals surface area contributed by atoms with E-state index in [4.69, 9.17) is 0 Å². The number of piperidine rings is 1. The number of nitrogens with zero attached hydrogens (tertiary/aromatic N) is 3. The predicted octanol–water partition coefficient (Wildman–Crippen LogP) is 3.91. The summed E-state index contributed by atoms with van der Waals surface area (Å²) in [5, 5.41) is 2.92. The van der Waals surface area contributed by atoms with Gasteiger partial charge in [-0.3, -0.25) is 0 Å². The van der Waals surface area contributed by atoms with Crippen LogP contribution in [0.2, 0.25) is 0 Å². The van der Waals surface area contributed by atoms with Crippen molar-refractivity contribution < 1.29 is 9.18 Å². The molecule has 2 fully saturated rings. The molecule has 1 atom stereocenters. The molecular formula is C21H27FN4O. The molecule has 0 radical (unpaired) electrons. The van der Waals surface area contributed by atoms with E-state index < -0.39 is 0 Å². The van der Waals surface area contributed by atoms with Gasteiger partial charge >= 0.3 is 6.03 Å². The van der Waals surface area contributed by atoms with Crippen LogP contribution in [-0.4, -0.2) is 33.6 Å². The first-order chi connectivity index (χ1) is 13.2. The molecule has 2 heterocycles. The molecule has 1 aliphatic carbocycles. The van der Waals surface area contributed by atoms with Crippen molar-refractivity contribution in [3.8, 4) is 0 Å². The highest BCUT2D eigenvalue weighted by Gasteiger charge is 2.28. The molecule has 4 rings (SSSR count). The summed E-state index contributed by atoms with van der Waals surface area (Å²) in [6.45, 7) is 2.84. The number of carbonyl (C=O) groups excluding carboxylic acids is 1. The Hall–Kier alpha value is -2.37. The molecule has 1 saturated carbocycles. The molecule has 0 bridgehead atoms. The molecule has 1 aromatic heterocycles. The minimum Gasteiger partial charge on any atom is -0.334 e. The van der Waals surface area contributed by atoms with E-state index in [-0.39, 0.29) is 17.8 Å². The summed E-state index contributed by atoms with van der Waals surface area (Å²) >= 11 is 0. The number of carbonyl (C=O) groups is 1. The second kappa shape index (κ2) is 8.11. The van der Waals surface area contributed by atoms with E-state index >= 15 is 0 Å². The summed E-state index contributed by atoms with van der Waals surface area (Å²) in [7, 11) is 0. The highest BCUT2D eigenvalue weighted by atomic mass is 19.1. The number of hydrogen-bond donors (Lipinski definition) is 1. The van der Waals surface area contributed by atoms with Crippen LogP contribution in [0.1, 0.15) is 49.4 Å². The molecule has 0 spiro atoms. The van der Waals surface area contributed by atoms with E-state index in [2.05, 4.69) is 21.1 Å². The first kappa shape index (κ1) is 18.0. The third-order valence-electron chi connectivity index (χ3n) is 5.83. The molecule has 1 aromatic carbocycles. The van der Waals surface area contributed by atoms with Gasteiger partial charge in [-0.2, -0.15) is 0 Å². The van der Waals surface area contributed by atoms with E-state index in [1.807, 2.05) is 17.2 Å². The summed E-state index contributed by atoms with van der Waals surface area (Å²) in [5.74, 6) is 1.91. The lowest BCUT2D eigenvalue weighted by molar-refractivity contribution is 0.176. The SMILES string of the molecule is O=C(NCc1cccc(F)c1)N1CCCC(c2nccn2CC2CCC2)C1. The number of imidazole rings is 1. The quantitative estimate of drug-likeness (QED) is 0.867. The Kier molecular flexibility index (Phi) is 5.41. The fourth-order valence-corrected chi connectivity index (χ4v) is 4.10. The number of amides is 2. The van der Waals surface area contributed by atoms with E-state index in [1.54, 1.807) is 6.07 Å². The van der Waals surface area contributed by atoms with Crippen molar-refractivity contribution in [3.63, 3.8) is 0 Å². The number of rotatable bonds is 5. The Bertz CT molecular complexity index is 786.